The smallest absolute Gasteiger partial charge is 0.338 e. The Bertz CT molecular complexity index is 787. The number of hydrogen-bond acceptors (Lipinski definition) is 4. The summed E-state index contributed by atoms with van der Waals surface area (Å²) in [6, 6.07) is 14.7. The molecule has 1 atom stereocenters. The second kappa shape index (κ2) is 7.17. The maximum Gasteiger partial charge on any atom is 0.338 e. The number of urea groups is 1. The Morgan fingerprint density at radius 1 is 1.08 bits per heavy atom. The third kappa shape index (κ3) is 3.52. The average Bonchev–Trinajstić information content (AvgIpc) is 2.91. The van der Waals surface area contributed by atoms with Gasteiger partial charge in [0.1, 0.15) is 6.04 Å². The zero-order chi connectivity index (χ0) is 17.8. The first-order chi connectivity index (χ1) is 12.1. The maximum atomic E-state index is 12.5. The number of benzene rings is 2. The van der Waals surface area contributed by atoms with Crippen molar-refractivity contribution in [2.45, 2.75) is 19.5 Å². The second-order valence-corrected chi connectivity index (χ2v) is 5.63. The van der Waals surface area contributed by atoms with Gasteiger partial charge in [-0.15, -0.1) is 0 Å². The van der Waals surface area contributed by atoms with Crippen LogP contribution in [0.5, 0.6) is 0 Å². The van der Waals surface area contributed by atoms with E-state index in [0.717, 1.165) is 11.1 Å². The van der Waals surface area contributed by atoms with Crippen LogP contribution >= 0.6 is 0 Å². The Balaban J connectivity index is 1.71. The highest BCUT2D eigenvalue weighted by atomic mass is 16.5. The van der Waals surface area contributed by atoms with Crippen molar-refractivity contribution < 1.29 is 19.1 Å². The van der Waals surface area contributed by atoms with E-state index in [2.05, 4.69) is 5.32 Å². The topological polar surface area (TPSA) is 75.7 Å². The predicted octanol–water partition coefficient (Wildman–Crippen LogP) is 2.66. The standard InChI is InChI=1S/C19H18N2O4/c1-2-25-18(23)15-10-8-13(9-11-15)12-21-17(22)16(20-19(21)24)14-6-4-3-5-7-14/h3-11,16H,2,12H2,1H3,(H,20,24). The van der Waals surface area contributed by atoms with Gasteiger partial charge in [-0.2, -0.15) is 0 Å². The number of amides is 3. The average molecular weight is 338 g/mol. The van der Waals surface area contributed by atoms with Crippen LogP contribution in [0.3, 0.4) is 0 Å². The lowest BCUT2D eigenvalue weighted by atomic mass is 10.1. The van der Waals surface area contributed by atoms with Crippen molar-refractivity contribution in [3.8, 4) is 0 Å². The molecule has 1 N–H and O–H groups in total. The summed E-state index contributed by atoms with van der Waals surface area (Å²) in [5.74, 6) is -0.682. The summed E-state index contributed by atoms with van der Waals surface area (Å²) in [6.07, 6.45) is 0. The van der Waals surface area contributed by atoms with Gasteiger partial charge in [-0.1, -0.05) is 42.5 Å². The van der Waals surface area contributed by atoms with Gasteiger partial charge < -0.3 is 10.1 Å². The van der Waals surface area contributed by atoms with Crippen LogP contribution in [0.4, 0.5) is 4.79 Å². The molecule has 2 aromatic rings. The van der Waals surface area contributed by atoms with E-state index < -0.39 is 18.0 Å². The fourth-order valence-electron chi connectivity index (χ4n) is 2.68. The van der Waals surface area contributed by atoms with E-state index in [4.69, 9.17) is 4.74 Å². The van der Waals surface area contributed by atoms with Gasteiger partial charge in [0.05, 0.1) is 18.7 Å². The zero-order valence-corrected chi connectivity index (χ0v) is 13.8. The van der Waals surface area contributed by atoms with E-state index in [1.54, 1.807) is 43.3 Å². The first-order valence-corrected chi connectivity index (χ1v) is 8.03. The van der Waals surface area contributed by atoms with Gasteiger partial charge in [-0.3, -0.25) is 9.69 Å². The first-order valence-electron chi connectivity index (χ1n) is 8.03. The van der Waals surface area contributed by atoms with Crippen LogP contribution in [0, 0.1) is 0 Å². The van der Waals surface area contributed by atoms with Gasteiger partial charge in [-0.05, 0) is 30.2 Å². The number of ether oxygens (including phenoxy) is 1. The Hall–Kier alpha value is -3.15. The van der Waals surface area contributed by atoms with Gasteiger partial charge in [0.2, 0.25) is 0 Å². The molecule has 6 nitrogen and oxygen atoms in total. The number of carbonyl (C=O) groups excluding carboxylic acids is 3. The molecule has 25 heavy (non-hydrogen) atoms. The van der Waals surface area contributed by atoms with E-state index in [0.29, 0.717) is 12.2 Å². The molecule has 128 valence electrons. The van der Waals surface area contributed by atoms with Gasteiger partial charge in [-0.25, -0.2) is 9.59 Å². The molecule has 3 amide bonds. The Labute approximate surface area is 145 Å². The van der Waals surface area contributed by atoms with Crippen molar-refractivity contribution in [1.82, 2.24) is 10.2 Å². The highest BCUT2D eigenvalue weighted by Crippen LogP contribution is 2.23. The quantitative estimate of drug-likeness (QED) is 0.672. The lowest BCUT2D eigenvalue weighted by molar-refractivity contribution is -0.128. The van der Waals surface area contributed by atoms with E-state index in [9.17, 15) is 14.4 Å². The van der Waals surface area contributed by atoms with Crippen molar-refractivity contribution in [2.24, 2.45) is 0 Å². The Morgan fingerprint density at radius 2 is 1.76 bits per heavy atom. The van der Waals surface area contributed by atoms with E-state index in [-0.39, 0.29) is 12.5 Å². The second-order valence-electron chi connectivity index (χ2n) is 5.63. The normalized spacial score (nSPS) is 16.7. The van der Waals surface area contributed by atoms with Crippen LogP contribution in [-0.4, -0.2) is 29.4 Å². The molecular weight excluding hydrogens is 320 g/mol. The minimum atomic E-state index is -0.660. The van der Waals surface area contributed by atoms with Crippen molar-refractivity contribution >= 4 is 17.9 Å². The number of carbonyl (C=O) groups is 3. The third-order valence-corrected chi connectivity index (χ3v) is 3.96. The van der Waals surface area contributed by atoms with E-state index >= 15 is 0 Å². The molecule has 0 spiro atoms. The fraction of sp³-hybridized carbons (Fsp3) is 0.211. The summed E-state index contributed by atoms with van der Waals surface area (Å²) < 4.78 is 4.93. The highest BCUT2D eigenvalue weighted by molar-refractivity contribution is 6.04. The van der Waals surface area contributed by atoms with Crippen LogP contribution in [-0.2, 0) is 16.1 Å². The molecule has 6 heteroatoms. The predicted molar refractivity (Wildman–Crippen MR) is 90.7 cm³/mol. The number of esters is 1. The molecular formula is C19H18N2O4. The lowest BCUT2D eigenvalue weighted by Crippen LogP contribution is -2.30. The van der Waals surface area contributed by atoms with Gasteiger partial charge in [0.15, 0.2) is 0 Å². The lowest BCUT2D eigenvalue weighted by Gasteiger charge is -2.13. The summed E-state index contributed by atoms with van der Waals surface area (Å²) in [5, 5.41) is 2.70. The SMILES string of the molecule is CCOC(=O)c1ccc(CN2C(=O)NC(c3ccccc3)C2=O)cc1. The van der Waals surface area contributed by atoms with Crippen molar-refractivity contribution in [1.29, 1.82) is 0 Å². The fourth-order valence-corrected chi connectivity index (χ4v) is 2.68. The minimum absolute atomic E-state index is 0.150. The molecule has 1 heterocycles. The van der Waals surface area contributed by atoms with Crippen LogP contribution in [0.15, 0.2) is 54.6 Å². The molecule has 0 bridgehead atoms. The molecule has 1 aliphatic rings. The number of imide groups is 1. The maximum absolute atomic E-state index is 12.5. The number of nitrogens with one attached hydrogen (secondary N) is 1. The minimum Gasteiger partial charge on any atom is -0.462 e. The molecule has 3 rings (SSSR count). The van der Waals surface area contributed by atoms with Gasteiger partial charge >= 0.3 is 12.0 Å². The summed E-state index contributed by atoms with van der Waals surface area (Å²) >= 11 is 0. The van der Waals surface area contributed by atoms with Gasteiger partial charge in [0, 0.05) is 0 Å². The van der Waals surface area contributed by atoms with Gasteiger partial charge in [0.25, 0.3) is 5.91 Å². The molecule has 1 fully saturated rings. The summed E-state index contributed by atoms with van der Waals surface area (Å²) in [7, 11) is 0. The number of hydrogen-bond donors (Lipinski definition) is 1. The summed E-state index contributed by atoms with van der Waals surface area (Å²) in [5.41, 5.74) is 1.94. The largest absolute Gasteiger partial charge is 0.462 e. The molecule has 0 aliphatic carbocycles. The number of rotatable bonds is 5. The highest BCUT2D eigenvalue weighted by Gasteiger charge is 2.38. The Kier molecular flexibility index (Phi) is 4.79. The zero-order valence-electron chi connectivity index (χ0n) is 13.8. The molecule has 0 saturated carbocycles. The molecule has 1 unspecified atom stereocenters. The third-order valence-electron chi connectivity index (χ3n) is 3.96. The molecule has 0 aromatic heterocycles. The van der Waals surface area contributed by atoms with E-state index in [1.165, 1.54) is 4.90 Å². The Morgan fingerprint density at radius 3 is 2.40 bits per heavy atom. The first kappa shape index (κ1) is 16.7. The monoisotopic (exact) mass is 338 g/mol. The van der Waals surface area contributed by atoms with Crippen LogP contribution in [0.1, 0.15) is 34.5 Å². The van der Waals surface area contributed by atoms with E-state index in [1.807, 2.05) is 18.2 Å². The molecule has 0 radical (unpaired) electrons. The van der Waals surface area contributed by atoms with Crippen molar-refractivity contribution in [3.63, 3.8) is 0 Å². The molecule has 2 aromatic carbocycles. The van der Waals surface area contributed by atoms with Crippen molar-refractivity contribution in [2.75, 3.05) is 6.61 Å². The molecule has 1 saturated heterocycles. The van der Waals surface area contributed by atoms with Crippen LogP contribution in [0.25, 0.3) is 0 Å². The summed E-state index contributed by atoms with van der Waals surface area (Å²) in [4.78, 5) is 37.5. The van der Waals surface area contributed by atoms with Crippen molar-refractivity contribution in [3.05, 3.63) is 71.3 Å². The molecule has 1 aliphatic heterocycles. The number of nitrogens with zero attached hydrogens (tertiary/aromatic N) is 1. The summed E-state index contributed by atoms with van der Waals surface area (Å²) in [6.45, 7) is 2.20. The van der Waals surface area contributed by atoms with Crippen LogP contribution in [0.2, 0.25) is 0 Å². The van der Waals surface area contributed by atoms with Crippen LogP contribution < -0.4 is 5.32 Å².